The molecule has 3 aromatic carbocycles. The number of non-ortho nitro benzene ring substituents is 2. The van der Waals surface area contributed by atoms with E-state index in [4.69, 9.17) is 0 Å². The number of amides is 2. The topological polar surface area (TPSA) is 158 Å². The summed E-state index contributed by atoms with van der Waals surface area (Å²) in [6, 6.07) is 16.0. The zero-order valence-electron chi connectivity index (χ0n) is 19.8. The predicted molar refractivity (Wildman–Crippen MR) is 138 cm³/mol. The summed E-state index contributed by atoms with van der Waals surface area (Å²) in [4.78, 5) is 33.5. The Labute approximate surface area is 219 Å². The average Bonchev–Trinajstić information content (AvgIpc) is 3.33. The first-order valence-electron chi connectivity index (χ1n) is 11.1. The lowest BCUT2D eigenvalue weighted by atomic mass is 10.2. The van der Waals surface area contributed by atoms with Crippen LogP contribution in [0.3, 0.4) is 0 Å². The van der Waals surface area contributed by atoms with Crippen molar-refractivity contribution in [3.05, 3.63) is 110 Å². The Morgan fingerprint density at radius 2 is 1.53 bits per heavy atom. The van der Waals surface area contributed by atoms with Crippen LogP contribution in [0.25, 0.3) is 5.69 Å². The smallest absolute Gasteiger partial charge is 0.319 e. The third kappa shape index (κ3) is 6.28. The Bertz CT molecular complexity index is 1460. The number of hydrogen-bond donors (Lipinski definition) is 2. The summed E-state index contributed by atoms with van der Waals surface area (Å²) in [5, 5.41) is 36.2. The van der Waals surface area contributed by atoms with Crippen molar-refractivity contribution in [1.82, 2.24) is 20.1 Å². The lowest BCUT2D eigenvalue weighted by Crippen LogP contribution is -2.32. The lowest BCUT2D eigenvalue weighted by Gasteiger charge is -2.17. The molecule has 0 fully saturated rings. The Kier molecular flexibility index (Phi) is 7.91. The van der Waals surface area contributed by atoms with Gasteiger partial charge in [0.05, 0.1) is 15.9 Å². The number of anilines is 1. The number of hydrogen-bond acceptors (Lipinski definition) is 8. The Morgan fingerprint density at radius 3 is 2.11 bits per heavy atom. The lowest BCUT2D eigenvalue weighted by molar-refractivity contribution is -0.385. The van der Waals surface area contributed by atoms with Crippen molar-refractivity contribution >= 4 is 34.9 Å². The minimum atomic E-state index is -0.657. The number of nitrogens with one attached hydrogen (secondary N) is 2. The second-order valence-electron chi connectivity index (χ2n) is 7.99. The molecule has 4 rings (SSSR count). The molecule has 1 heterocycles. The molecule has 0 saturated carbocycles. The van der Waals surface area contributed by atoms with Gasteiger partial charge >= 0.3 is 6.03 Å². The number of aromatic nitrogens is 3. The third-order valence-electron chi connectivity index (χ3n) is 5.33. The van der Waals surface area contributed by atoms with Crippen molar-refractivity contribution < 1.29 is 19.0 Å². The molecule has 2 N–H and O–H groups in total. The fourth-order valence-corrected chi connectivity index (χ4v) is 4.36. The van der Waals surface area contributed by atoms with E-state index in [1.165, 1.54) is 60.3 Å². The number of carbonyl (C=O) groups excluding carboxylic acids is 1. The van der Waals surface area contributed by atoms with Gasteiger partial charge < -0.3 is 10.6 Å². The standard InChI is InChI=1S/C24H20FN7O5S/c1-15(26-23(33)27-18-6-8-20(9-7-18)31(34)35)22-28-29-24(38-14-16-2-4-17(25)5-3-16)30(22)19-10-12-21(13-11-19)32(36)37/h2-13,15H,14H2,1H3,(H2,26,27,33). The molecule has 0 saturated heterocycles. The molecule has 0 aliphatic rings. The summed E-state index contributed by atoms with van der Waals surface area (Å²) in [5.41, 5.74) is 1.56. The fraction of sp³-hybridized carbons (Fsp3) is 0.125. The highest BCUT2D eigenvalue weighted by molar-refractivity contribution is 7.98. The van der Waals surface area contributed by atoms with Gasteiger partial charge in [0.15, 0.2) is 11.0 Å². The molecular weight excluding hydrogens is 517 g/mol. The minimum absolute atomic E-state index is 0.0856. The number of benzene rings is 3. The van der Waals surface area contributed by atoms with E-state index in [1.54, 1.807) is 35.8 Å². The highest BCUT2D eigenvalue weighted by Gasteiger charge is 2.22. The minimum Gasteiger partial charge on any atom is -0.328 e. The van der Waals surface area contributed by atoms with Crippen LogP contribution in [-0.2, 0) is 5.75 Å². The summed E-state index contributed by atoms with van der Waals surface area (Å²) in [5.74, 6) is 0.467. The highest BCUT2D eigenvalue weighted by atomic mass is 32.2. The molecule has 0 aliphatic heterocycles. The molecule has 1 atom stereocenters. The van der Waals surface area contributed by atoms with Gasteiger partial charge in [-0.05, 0) is 48.9 Å². The normalized spacial score (nSPS) is 11.5. The van der Waals surface area contributed by atoms with E-state index in [0.717, 1.165) is 5.56 Å². The zero-order chi connectivity index (χ0) is 27.2. The first-order chi connectivity index (χ1) is 18.2. The van der Waals surface area contributed by atoms with Gasteiger partial charge in [0.1, 0.15) is 5.82 Å². The number of carbonyl (C=O) groups is 1. The summed E-state index contributed by atoms with van der Waals surface area (Å²) in [6.07, 6.45) is 0. The van der Waals surface area contributed by atoms with Crippen LogP contribution in [0.1, 0.15) is 24.4 Å². The summed E-state index contributed by atoms with van der Waals surface area (Å²) < 4.78 is 14.9. The average molecular weight is 538 g/mol. The first kappa shape index (κ1) is 26.2. The van der Waals surface area contributed by atoms with Gasteiger partial charge in [-0.15, -0.1) is 10.2 Å². The molecule has 0 spiro atoms. The van der Waals surface area contributed by atoms with Gasteiger partial charge in [-0.25, -0.2) is 9.18 Å². The van der Waals surface area contributed by atoms with Crippen LogP contribution in [0.4, 0.5) is 26.2 Å². The van der Waals surface area contributed by atoms with E-state index in [2.05, 4.69) is 20.8 Å². The molecule has 0 aliphatic carbocycles. The van der Waals surface area contributed by atoms with Crippen LogP contribution in [0, 0.1) is 26.0 Å². The second kappa shape index (κ2) is 11.5. The van der Waals surface area contributed by atoms with E-state index in [9.17, 15) is 29.4 Å². The molecule has 12 nitrogen and oxygen atoms in total. The number of urea groups is 1. The summed E-state index contributed by atoms with van der Waals surface area (Å²) >= 11 is 1.32. The zero-order valence-corrected chi connectivity index (χ0v) is 20.6. The number of rotatable bonds is 9. The molecule has 14 heteroatoms. The molecule has 2 amide bonds. The number of nitro benzene ring substituents is 2. The maximum atomic E-state index is 13.3. The van der Waals surface area contributed by atoms with Crippen molar-refractivity contribution in [3.63, 3.8) is 0 Å². The van der Waals surface area contributed by atoms with E-state index in [0.29, 0.717) is 28.1 Å². The first-order valence-corrected chi connectivity index (χ1v) is 12.1. The van der Waals surface area contributed by atoms with Gasteiger partial charge in [0.25, 0.3) is 11.4 Å². The van der Waals surface area contributed by atoms with E-state index in [1.807, 2.05) is 0 Å². The van der Waals surface area contributed by atoms with Crippen LogP contribution >= 0.6 is 11.8 Å². The van der Waals surface area contributed by atoms with Gasteiger partial charge in [-0.3, -0.25) is 24.8 Å². The van der Waals surface area contributed by atoms with E-state index in [-0.39, 0.29) is 17.2 Å². The van der Waals surface area contributed by atoms with Crippen LogP contribution in [0.15, 0.2) is 78.0 Å². The maximum absolute atomic E-state index is 13.3. The quantitative estimate of drug-likeness (QED) is 0.163. The molecule has 194 valence electrons. The van der Waals surface area contributed by atoms with Crippen LogP contribution in [0.5, 0.6) is 0 Å². The molecule has 0 radical (unpaired) electrons. The predicted octanol–water partition coefficient (Wildman–Crippen LogP) is 5.40. The Morgan fingerprint density at radius 1 is 0.947 bits per heavy atom. The van der Waals surface area contributed by atoms with Gasteiger partial charge in [-0.1, -0.05) is 23.9 Å². The van der Waals surface area contributed by atoms with Gasteiger partial charge in [0.2, 0.25) is 0 Å². The van der Waals surface area contributed by atoms with Crippen molar-refractivity contribution in [2.24, 2.45) is 0 Å². The molecule has 0 bridgehead atoms. The molecular formula is C24H20FN7O5S. The van der Waals surface area contributed by atoms with Crippen LogP contribution in [0.2, 0.25) is 0 Å². The Hall–Kier alpha value is -4.85. The number of nitrogens with zero attached hydrogens (tertiary/aromatic N) is 5. The number of nitro groups is 2. The van der Waals surface area contributed by atoms with Gasteiger partial charge in [-0.2, -0.15) is 0 Å². The monoisotopic (exact) mass is 537 g/mol. The second-order valence-corrected chi connectivity index (χ2v) is 8.93. The van der Waals surface area contributed by atoms with E-state index >= 15 is 0 Å². The van der Waals surface area contributed by atoms with E-state index < -0.39 is 21.9 Å². The van der Waals surface area contributed by atoms with Crippen molar-refractivity contribution in [2.75, 3.05) is 5.32 Å². The van der Waals surface area contributed by atoms with Gasteiger partial charge in [0, 0.05) is 41.4 Å². The number of halogens is 1. The summed E-state index contributed by atoms with van der Waals surface area (Å²) in [7, 11) is 0. The SMILES string of the molecule is CC(NC(=O)Nc1ccc([N+](=O)[O-])cc1)c1nnc(SCc2ccc(F)cc2)n1-c1ccc([N+](=O)[O-])cc1. The van der Waals surface area contributed by atoms with Crippen LogP contribution < -0.4 is 10.6 Å². The molecule has 38 heavy (non-hydrogen) atoms. The third-order valence-corrected chi connectivity index (χ3v) is 6.33. The van der Waals surface area contributed by atoms with Crippen molar-refractivity contribution in [2.45, 2.75) is 23.9 Å². The van der Waals surface area contributed by atoms with Crippen molar-refractivity contribution in [1.29, 1.82) is 0 Å². The molecule has 1 unspecified atom stereocenters. The highest BCUT2D eigenvalue weighted by Crippen LogP contribution is 2.28. The largest absolute Gasteiger partial charge is 0.328 e. The summed E-state index contributed by atoms with van der Waals surface area (Å²) in [6.45, 7) is 1.69. The van der Waals surface area contributed by atoms with Crippen molar-refractivity contribution in [3.8, 4) is 5.69 Å². The molecule has 1 aromatic heterocycles. The molecule has 4 aromatic rings. The fourth-order valence-electron chi connectivity index (χ4n) is 3.44. The Balaban J connectivity index is 1.56. The maximum Gasteiger partial charge on any atom is 0.319 e. The number of thioether (sulfide) groups is 1. The van der Waals surface area contributed by atoms with Crippen LogP contribution in [-0.4, -0.2) is 30.6 Å².